The fraction of sp³-hybridized carbons (Fsp3) is 0.300. The zero-order valence-electron chi connectivity index (χ0n) is 16.5. The van der Waals surface area contributed by atoms with Crippen molar-refractivity contribution in [3.63, 3.8) is 0 Å². The van der Waals surface area contributed by atoms with Crippen LogP contribution in [0.5, 0.6) is 11.5 Å². The summed E-state index contributed by atoms with van der Waals surface area (Å²) in [4.78, 5) is 24.1. The molecule has 0 aromatic heterocycles. The number of hydrogen-bond donors (Lipinski definition) is 2. The van der Waals surface area contributed by atoms with Gasteiger partial charge in [-0.15, -0.1) is 0 Å². The van der Waals surface area contributed by atoms with Crippen LogP contribution in [0.2, 0.25) is 0 Å². The van der Waals surface area contributed by atoms with Gasteiger partial charge in [-0.05, 0) is 18.6 Å². The molecule has 0 aliphatic rings. The van der Waals surface area contributed by atoms with Crippen LogP contribution in [-0.4, -0.2) is 26.0 Å². The normalized spacial score (nSPS) is 10.5. The maximum Gasteiger partial charge on any atom is 0.261 e. The largest absolute Gasteiger partial charge is 0.494 e. The van der Waals surface area contributed by atoms with Gasteiger partial charge in [0.25, 0.3) is 5.91 Å². The molecule has 10 heteroatoms. The zero-order chi connectivity index (χ0) is 22.4. The highest BCUT2D eigenvalue weighted by molar-refractivity contribution is 6.05. The smallest absolute Gasteiger partial charge is 0.261 e. The van der Waals surface area contributed by atoms with Gasteiger partial charge in [0.15, 0.2) is 17.4 Å². The van der Waals surface area contributed by atoms with E-state index in [1.807, 2.05) is 6.92 Å². The van der Waals surface area contributed by atoms with Crippen LogP contribution in [0.25, 0.3) is 0 Å². The monoisotopic (exact) mass is 428 g/mol. The van der Waals surface area contributed by atoms with Crippen LogP contribution in [0.15, 0.2) is 18.2 Å². The van der Waals surface area contributed by atoms with E-state index >= 15 is 0 Å². The summed E-state index contributed by atoms with van der Waals surface area (Å²) in [6.07, 6.45) is 1.86. The Labute approximate surface area is 170 Å². The van der Waals surface area contributed by atoms with E-state index in [2.05, 4.69) is 15.4 Å². The topological polar surface area (TPSA) is 76.7 Å². The van der Waals surface area contributed by atoms with E-state index in [4.69, 9.17) is 4.74 Å². The Morgan fingerprint density at radius 2 is 1.57 bits per heavy atom. The minimum atomic E-state index is -1.89. The van der Waals surface area contributed by atoms with E-state index in [1.54, 1.807) is 0 Å². The van der Waals surface area contributed by atoms with Crippen LogP contribution in [0.1, 0.15) is 36.5 Å². The zero-order valence-corrected chi connectivity index (χ0v) is 16.5. The van der Waals surface area contributed by atoms with E-state index in [0.29, 0.717) is 18.5 Å². The Kier molecular flexibility index (Phi) is 7.62. The van der Waals surface area contributed by atoms with Crippen molar-refractivity contribution in [3.8, 4) is 11.5 Å². The SMILES string of the molecule is CCCCC(=O)Nc1ccc(NC(=O)c2c(F)c(F)c(OC)c(F)c2F)cc1OC. The van der Waals surface area contributed by atoms with Gasteiger partial charge in [-0.3, -0.25) is 9.59 Å². The third-order valence-corrected chi connectivity index (χ3v) is 4.15. The molecule has 6 nitrogen and oxygen atoms in total. The molecule has 0 bridgehead atoms. The molecule has 2 N–H and O–H groups in total. The molecule has 0 saturated heterocycles. The fourth-order valence-corrected chi connectivity index (χ4v) is 2.61. The average Bonchev–Trinajstić information content (AvgIpc) is 2.72. The van der Waals surface area contributed by atoms with Gasteiger partial charge in [-0.1, -0.05) is 13.3 Å². The molecule has 162 valence electrons. The molecule has 0 aliphatic carbocycles. The number of halogens is 4. The maximum atomic E-state index is 14.1. The number of nitrogens with one attached hydrogen (secondary N) is 2. The van der Waals surface area contributed by atoms with Crippen molar-refractivity contribution >= 4 is 23.2 Å². The van der Waals surface area contributed by atoms with E-state index in [9.17, 15) is 27.2 Å². The van der Waals surface area contributed by atoms with Crippen molar-refractivity contribution < 1.29 is 36.6 Å². The molecule has 0 saturated carbocycles. The quantitative estimate of drug-likeness (QED) is 0.474. The second kappa shape index (κ2) is 9.95. The van der Waals surface area contributed by atoms with Gasteiger partial charge in [0.2, 0.25) is 17.5 Å². The van der Waals surface area contributed by atoms with Crippen molar-refractivity contribution in [2.24, 2.45) is 0 Å². The summed E-state index contributed by atoms with van der Waals surface area (Å²) in [5.74, 6) is -10.2. The van der Waals surface area contributed by atoms with Crippen LogP contribution >= 0.6 is 0 Å². The Bertz CT molecular complexity index is 937. The molecule has 30 heavy (non-hydrogen) atoms. The molecule has 0 unspecified atom stereocenters. The maximum absolute atomic E-state index is 14.1. The minimum absolute atomic E-state index is 0.0128. The standard InChI is InChI=1S/C20H20F4N2O4/c1-4-5-6-13(27)26-11-8-7-10(9-12(11)29-2)25-20(28)14-15(21)17(23)19(30-3)18(24)16(14)22/h7-9H,4-6H2,1-3H3,(H,25,28)(H,26,27). The Hall–Kier alpha value is -3.30. The minimum Gasteiger partial charge on any atom is -0.494 e. The Morgan fingerprint density at radius 1 is 0.933 bits per heavy atom. The number of ether oxygens (including phenoxy) is 2. The van der Waals surface area contributed by atoms with Crippen molar-refractivity contribution in [1.29, 1.82) is 0 Å². The summed E-state index contributed by atoms with van der Waals surface area (Å²) >= 11 is 0. The lowest BCUT2D eigenvalue weighted by atomic mass is 10.1. The number of carbonyl (C=O) groups is 2. The molecular weight excluding hydrogens is 408 g/mol. The second-order valence-corrected chi connectivity index (χ2v) is 6.19. The number of benzene rings is 2. The van der Waals surface area contributed by atoms with Gasteiger partial charge in [-0.25, -0.2) is 8.78 Å². The first-order valence-corrected chi connectivity index (χ1v) is 8.94. The number of rotatable bonds is 8. The molecule has 2 aromatic rings. The van der Waals surface area contributed by atoms with Gasteiger partial charge < -0.3 is 20.1 Å². The van der Waals surface area contributed by atoms with Gasteiger partial charge in [0, 0.05) is 18.2 Å². The molecule has 0 heterocycles. The van der Waals surface area contributed by atoms with Crippen molar-refractivity contribution in [1.82, 2.24) is 0 Å². The summed E-state index contributed by atoms with van der Waals surface area (Å²) in [6, 6.07) is 4.00. The number of carbonyl (C=O) groups excluding carboxylic acids is 2. The predicted octanol–water partition coefficient (Wildman–Crippen LogP) is 4.64. The van der Waals surface area contributed by atoms with Crippen molar-refractivity contribution in [3.05, 3.63) is 47.0 Å². The van der Waals surface area contributed by atoms with E-state index in [1.165, 1.54) is 25.3 Å². The van der Waals surface area contributed by atoms with Crippen LogP contribution < -0.4 is 20.1 Å². The van der Waals surface area contributed by atoms with Gasteiger partial charge >= 0.3 is 0 Å². The predicted molar refractivity (Wildman–Crippen MR) is 102 cm³/mol. The molecule has 0 atom stereocenters. The Balaban J connectivity index is 2.29. The number of hydrogen-bond acceptors (Lipinski definition) is 4. The summed E-state index contributed by atoms with van der Waals surface area (Å²) < 4.78 is 65.3. The molecule has 0 aliphatic heterocycles. The molecule has 2 rings (SSSR count). The highest BCUT2D eigenvalue weighted by Crippen LogP contribution is 2.32. The molecule has 0 spiro atoms. The average molecular weight is 428 g/mol. The summed E-state index contributed by atoms with van der Waals surface area (Å²) in [7, 11) is 2.14. The van der Waals surface area contributed by atoms with Gasteiger partial charge in [0.1, 0.15) is 11.3 Å². The van der Waals surface area contributed by atoms with E-state index < -0.39 is 40.5 Å². The summed E-state index contributed by atoms with van der Waals surface area (Å²) in [5.41, 5.74) is -1.11. The van der Waals surface area contributed by atoms with Crippen LogP contribution in [0, 0.1) is 23.3 Å². The van der Waals surface area contributed by atoms with Crippen molar-refractivity contribution in [2.75, 3.05) is 24.9 Å². The lowest BCUT2D eigenvalue weighted by molar-refractivity contribution is -0.116. The third-order valence-electron chi connectivity index (χ3n) is 4.15. The Morgan fingerprint density at radius 3 is 2.10 bits per heavy atom. The molecule has 2 aromatic carbocycles. The highest BCUT2D eigenvalue weighted by Gasteiger charge is 2.30. The fourth-order valence-electron chi connectivity index (χ4n) is 2.61. The lowest BCUT2D eigenvalue weighted by Gasteiger charge is -2.14. The molecule has 0 fully saturated rings. The van der Waals surface area contributed by atoms with E-state index in [-0.39, 0.29) is 17.3 Å². The van der Waals surface area contributed by atoms with Gasteiger partial charge in [0.05, 0.1) is 19.9 Å². The van der Waals surface area contributed by atoms with Crippen LogP contribution in [0.4, 0.5) is 28.9 Å². The van der Waals surface area contributed by atoms with Crippen molar-refractivity contribution in [2.45, 2.75) is 26.2 Å². The third kappa shape index (κ3) is 4.81. The summed E-state index contributed by atoms with van der Waals surface area (Å²) in [5, 5.41) is 4.78. The van der Waals surface area contributed by atoms with Gasteiger partial charge in [-0.2, -0.15) is 8.78 Å². The molecular formula is C20H20F4N2O4. The number of methoxy groups -OCH3 is 2. The van der Waals surface area contributed by atoms with Crippen LogP contribution in [0.3, 0.4) is 0 Å². The first kappa shape index (κ1) is 23.0. The summed E-state index contributed by atoms with van der Waals surface area (Å²) in [6.45, 7) is 1.94. The molecule has 2 amide bonds. The first-order valence-electron chi connectivity index (χ1n) is 8.94. The van der Waals surface area contributed by atoms with Crippen LogP contribution in [-0.2, 0) is 4.79 Å². The molecule has 0 radical (unpaired) electrons. The van der Waals surface area contributed by atoms with E-state index in [0.717, 1.165) is 13.5 Å². The first-order chi connectivity index (χ1) is 14.2. The number of unbranched alkanes of at least 4 members (excludes halogenated alkanes) is 1. The number of anilines is 2. The number of amides is 2. The second-order valence-electron chi connectivity index (χ2n) is 6.19. The highest BCUT2D eigenvalue weighted by atomic mass is 19.2. The lowest BCUT2D eigenvalue weighted by Crippen LogP contribution is -2.19.